The monoisotopic (exact) mass is 408 g/mol. The first kappa shape index (κ1) is 20.4. The lowest BCUT2D eigenvalue weighted by molar-refractivity contribution is 0.101. The van der Waals surface area contributed by atoms with Gasteiger partial charge >= 0.3 is 0 Å². The second kappa shape index (κ2) is 9.75. The number of hydrogen-bond donors (Lipinski definition) is 2. The SMILES string of the molecule is CCCOc1cccc(C(=O)Nc2cccc(C(=O)Nc3cccc(Cl)c3)c2)c1. The molecule has 0 saturated heterocycles. The van der Waals surface area contributed by atoms with Crippen LogP contribution < -0.4 is 15.4 Å². The van der Waals surface area contributed by atoms with E-state index >= 15 is 0 Å². The van der Waals surface area contributed by atoms with Gasteiger partial charge in [0, 0.05) is 27.5 Å². The van der Waals surface area contributed by atoms with Crippen molar-refractivity contribution in [2.24, 2.45) is 0 Å². The molecule has 3 aromatic carbocycles. The van der Waals surface area contributed by atoms with Gasteiger partial charge in [-0.1, -0.05) is 36.7 Å². The molecular formula is C23H21ClN2O3. The molecule has 0 heterocycles. The first-order valence-electron chi connectivity index (χ1n) is 9.26. The zero-order chi connectivity index (χ0) is 20.6. The van der Waals surface area contributed by atoms with Crippen LogP contribution in [0.5, 0.6) is 5.75 Å². The topological polar surface area (TPSA) is 67.4 Å². The molecule has 3 rings (SSSR count). The zero-order valence-electron chi connectivity index (χ0n) is 15.9. The van der Waals surface area contributed by atoms with Gasteiger partial charge in [0.15, 0.2) is 0 Å². The summed E-state index contributed by atoms with van der Waals surface area (Å²) in [5, 5.41) is 6.14. The van der Waals surface area contributed by atoms with Gasteiger partial charge in [-0.15, -0.1) is 0 Å². The summed E-state index contributed by atoms with van der Waals surface area (Å²) in [5.74, 6) is 0.0758. The van der Waals surface area contributed by atoms with Crippen molar-refractivity contribution < 1.29 is 14.3 Å². The van der Waals surface area contributed by atoms with E-state index in [0.29, 0.717) is 39.9 Å². The summed E-state index contributed by atoms with van der Waals surface area (Å²) >= 11 is 5.95. The summed E-state index contributed by atoms with van der Waals surface area (Å²) < 4.78 is 5.57. The van der Waals surface area contributed by atoms with E-state index in [9.17, 15) is 9.59 Å². The van der Waals surface area contributed by atoms with Crippen LogP contribution in [0.3, 0.4) is 0 Å². The van der Waals surface area contributed by atoms with Gasteiger partial charge in [0.1, 0.15) is 5.75 Å². The fourth-order valence-electron chi connectivity index (χ4n) is 2.66. The number of nitrogens with one attached hydrogen (secondary N) is 2. The van der Waals surface area contributed by atoms with Gasteiger partial charge in [0.2, 0.25) is 0 Å². The van der Waals surface area contributed by atoms with Crippen LogP contribution in [-0.2, 0) is 0 Å². The summed E-state index contributed by atoms with van der Waals surface area (Å²) in [5.41, 5.74) is 2.02. The molecule has 0 unspecified atom stereocenters. The number of hydrogen-bond acceptors (Lipinski definition) is 3. The van der Waals surface area contributed by atoms with Crippen molar-refractivity contribution in [3.05, 3.63) is 88.9 Å². The maximum Gasteiger partial charge on any atom is 0.255 e. The van der Waals surface area contributed by atoms with E-state index < -0.39 is 0 Å². The Labute approximate surface area is 174 Å². The summed E-state index contributed by atoms with van der Waals surface area (Å²) in [4.78, 5) is 25.1. The lowest BCUT2D eigenvalue weighted by Crippen LogP contribution is -2.14. The number of benzene rings is 3. The molecule has 0 fully saturated rings. The standard InChI is InChI=1S/C23H21ClN2O3/c1-2-12-29-21-11-4-7-17(14-21)23(28)25-19-9-3-6-16(13-19)22(27)26-20-10-5-8-18(24)15-20/h3-11,13-15H,2,12H2,1H3,(H,25,28)(H,26,27). The highest BCUT2D eigenvalue weighted by Gasteiger charge is 2.11. The van der Waals surface area contributed by atoms with Crippen molar-refractivity contribution in [1.29, 1.82) is 0 Å². The highest BCUT2D eigenvalue weighted by atomic mass is 35.5. The van der Waals surface area contributed by atoms with Crippen molar-refractivity contribution in [3.63, 3.8) is 0 Å². The van der Waals surface area contributed by atoms with E-state index in [1.165, 1.54) is 0 Å². The Morgan fingerprint density at radius 1 is 0.828 bits per heavy atom. The lowest BCUT2D eigenvalue weighted by Gasteiger charge is -2.10. The Kier molecular flexibility index (Phi) is 6.87. The summed E-state index contributed by atoms with van der Waals surface area (Å²) in [6.07, 6.45) is 0.889. The Hall–Kier alpha value is -3.31. The predicted molar refractivity (Wildman–Crippen MR) is 116 cm³/mol. The van der Waals surface area contributed by atoms with Crippen LogP contribution in [-0.4, -0.2) is 18.4 Å². The third kappa shape index (κ3) is 5.83. The van der Waals surface area contributed by atoms with Gasteiger partial charge in [-0.05, 0) is 61.0 Å². The van der Waals surface area contributed by atoms with Crippen molar-refractivity contribution in [2.75, 3.05) is 17.2 Å². The van der Waals surface area contributed by atoms with Gasteiger partial charge in [-0.3, -0.25) is 9.59 Å². The molecule has 148 valence electrons. The largest absolute Gasteiger partial charge is 0.494 e. The number of anilines is 2. The van der Waals surface area contributed by atoms with Crippen LogP contribution >= 0.6 is 11.6 Å². The second-order valence-corrected chi connectivity index (χ2v) is 6.81. The average molecular weight is 409 g/mol. The highest BCUT2D eigenvalue weighted by molar-refractivity contribution is 6.31. The summed E-state index contributed by atoms with van der Waals surface area (Å²) in [6.45, 7) is 2.61. The summed E-state index contributed by atoms with van der Waals surface area (Å²) in [6, 6.07) is 20.6. The first-order valence-corrected chi connectivity index (χ1v) is 9.64. The van der Waals surface area contributed by atoms with E-state index in [2.05, 4.69) is 10.6 Å². The molecule has 0 radical (unpaired) electrons. The fraction of sp³-hybridized carbons (Fsp3) is 0.130. The Morgan fingerprint density at radius 2 is 1.41 bits per heavy atom. The third-order valence-corrected chi connectivity index (χ3v) is 4.27. The van der Waals surface area contributed by atoms with Gasteiger partial charge in [-0.25, -0.2) is 0 Å². The molecule has 0 aliphatic heterocycles. The predicted octanol–water partition coefficient (Wildman–Crippen LogP) is 5.63. The Morgan fingerprint density at radius 3 is 2.07 bits per heavy atom. The summed E-state index contributed by atoms with van der Waals surface area (Å²) in [7, 11) is 0. The minimum Gasteiger partial charge on any atom is -0.494 e. The molecule has 0 aliphatic rings. The fourth-order valence-corrected chi connectivity index (χ4v) is 2.85. The number of rotatable bonds is 7. The van der Waals surface area contributed by atoms with E-state index in [-0.39, 0.29) is 11.8 Å². The van der Waals surface area contributed by atoms with E-state index in [4.69, 9.17) is 16.3 Å². The third-order valence-electron chi connectivity index (χ3n) is 4.03. The van der Waals surface area contributed by atoms with Crippen molar-refractivity contribution in [3.8, 4) is 5.75 Å². The van der Waals surface area contributed by atoms with Crippen molar-refractivity contribution in [1.82, 2.24) is 0 Å². The highest BCUT2D eigenvalue weighted by Crippen LogP contribution is 2.19. The average Bonchev–Trinajstić information content (AvgIpc) is 2.72. The minimum atomic E-state index is -0.293. The molecule has 2 N–H and O–H groups in total. The lowest BCUT2D eigenvalue weighted by atomic mass is 10.1. The van der Waals surface area contributed by atoms with E-state index in [1.807, 2.05) is 13.0 Å². The molecule has 0 spiro atoms. The quantitative estimate of drug-likeness (QED) is 0.532. The molecule has 2 amide bonds. The van der Waals surface area contributed by atoms with Crippen molar-refractivity contribution >= 4 is 34.8 Å². The molecule has 5 nitrogen and oxygen atoms in total. The molecule has 3 aromatic rings. The molecule has 0 saturated carbocycles. The maximum absolute atomic E-state index is 12.6. The van der Waals surface area contributed by atoms with E-state index in [1.54, 1.807) is 66.7 Å². The van der Waals surface area contributed by atoms with Gasteiger partial charge in [0.25, 0.3) is 11.8 Å². The number of halogens is 1. The van der Waals surface area contributed by atoms with Crippen LogP contribution in [0.1, 0.15) is 34.1 Å². The number of carbonyl (C=O) groups is 2. The number of ether oxygens (including phenoxy) is 1. The minimum absolute atomic E-state index is 0.278. The van der Waals surface area contributed by atoms with Crippen LogP contribution in [0, 0.1) is 0 Å². The molecule has 29 heavy (non-hydrogen) atoms. The molecular weight excluding hydrogens is 388 g/mol. The number of amides is 2. The Bertz CT molecular complexity index is 1020. The maximum atomic E-state index is 12.6. The van der Waals surface area contributed by atoms with Crippen LogP contribution in [0.4, 0.5) is 11.4 Å². The first-order chi connectivity index (χ1) is 14.0. The molecule has 6 heteroatoms. The molecule has 0 atom stereocenters. The molecule has 0 aromatic heterocycles. The van der Waals surface area contributed by atoms with Gasteiger partial charge in [0.05, 0.1) is 6.61 Å². The number of carbonyl (C=O) groups excluding carboxylic acids is 2. The van der Waals surface area contributed by atoms with Gasteiger partial charge < -0.3 is 15.4 Å². The second-order valence-electron chi connectivity index (χ2n) is 6.38. The zero-order valence-corrected chi connectivity index (χ0v) is 16.7. The van der Waals surface area contributed by atoms with Crippen LogP contribution in [0.2, 0.25) is 5.02 Å². The van der Waals surface area contributed by atoms with Crippen LogP contribution in [0.25, 0.3) is 0 Å². The molecule has 0 bridgehead atoms. The van der Waals surface area contributed by atoms with E-state index in [0.717, 1.165) is 6.42 Å². The normalized spacial score (nSPS) is 10.3. The Balaban J connectivity index is 1.69. The van der Waals surface area contributed by atoms with Gasteiger partial charge in [-0.2, -0.15) is 0 Å². The smallest absolute Gasteiger partial charge is 0.255 e. The van der Waals surface area contributed by atoms with Crippen LogP contribution in [0.15, 0.2) is 72.8 Å². The van der Waals surface area contributed by atoms with Crippen molar-refractivity contribution in [2.45, 2.75) is 13.3 Å². The molecule has 0 aliphatic carbocycles.